The lowest BCUT2D eigenvalue weighted by Gasteiger charge is -2.33. The Morgan fingerprint density at radius 2 is 2.00 bits per heavy atom. The first kappa shape index (κ1) is 19.2. The fraction of sp³-hybridized carbons (Fsp3) is 0.400. The Bertz CT molecular complexity index is 1040. The Hall–Kier alpha value is -3.10. The SMILES string of the molecule is CC(=O)Nc1cc2cc(-c3cnn(C)c3)c(N3CCC(C(F)F)CC3)nc2cn1. The highest BCUT2D eigenvalue weighted by Crippen LogP contribution is 2.35. The third kappa shape index (κ3) is 4.03. The molecule has 1 amide bonds. The van der Waals surface area contributed by atoms with Crippen LogP contribution in [0.2, 0.25) is 0 Å². The van der Waals surface area contributed by atoms with Crippen molar-refractivity contribution in [2.45, 2.75) is 26.2 Å². The van der Waals surface area contributed by atoms with Gasteiger partial charge in [-0.1, -0.05) is 0 Å². The molecule has 4 heterocycles. The highest BCUT2D eigenvalue weighted by Gasteiger charge is 2.28. The number of carbonyl (C=O) groups excluding carboxylic acids is 1. The van der Waals surface area contributed by atoms with E-state index in [1.165, 1.54) is 6.92 Å². The van der Waals surface area contributed by atoms with Crippen LogP contribution in [0, 0.1) is 5.92 Å². The predicted molar refractivity (Wildman–Crippen MR) is 107 cm³/mol. The van der Waals surface area contributed by atoms with Gasteiger partial charge in [0.15, 0.2) is 0 Å². The molecular weight excluding hydrogens is 378 g/mol. The number of aromatic nitrogens is 4. The maximum absolute atomic E-state index is 13.1. The molecule has 0 radical (unpaired) electrons. The number of alkyl halides is 2. The van der Waals surface area contributed by atoms with Gasteiger partial charge in [-0.3, -0.25) is 9.48 Å². The first-order chi connectivity index (χ1) is 13.9. The molecule has 0 spiro atoms. The third-order valence-electron chi connectivity index (χ3n) is 5.20. The first-order valence-electron chi connectivity index (χ1n) is 9.51. The summed E-state index contributed by atoms with van der Waals surface area (Å²) in [5, 5.41) is 7.76. The molecule has 0 bridgehead atoms. The Labute approximate surface area is 166 Å². The topological polar surface area (TPSA) is 75.9 Å². The number of hydrogen-bond acceptors (Lipinski definition) is 5. The number of amides is 1. The molecule has 0 saturated carbocycles. The molecule has 152 valence electrons. The second-order valence-corrected chi connectivity index (χ2v) is 7.36. The number of pyridine rings is 2. The van der Waals surface area contributed by atoms with Crippen LogP contribution in [0.3, 0.4) is 0 Å². The number of carbonyl (C=O) groups is 1. The molecule has 1 aliphatic rings. The Kier molecular flexibility index (Phi) is 5.12. The molecule has 1 aliphatic heterocycles. The van der Waals surface area contributed by atoms with Crippen LogP contribution >= 0.6 is 0 Å². The average molecular weight is 400 g/mol. The largest absolute Gasteiger partial charge is 0.356 e. The summed E-state index contributed by atoms with van der Waals surface area (Å²) in [6.07, 6.45) is 3.86. The minimum absolute atomic E-state index is 0.198. The van der Waals surface area contributed by atoms with Gasteiger partial charge in [-0.2, -0.15) is 5.10 Å². The van der Waals surface area contributed by atoms with Crippen molar-refractivity contribution in [1.29, 1.82) is 0 Å². The molecule has 3 aromatic heterocycles. The van der Waals surface area contributed by atoms with Crippen LogP contribution in [0.1, 0.15) is 19.8 Å². The lowest BCUT2D eigenvalue weighted by atomic mass is 9.96. The molecule has 1 saturated heterocycles. The third-order valence-corrected chi connectivity index (χ3v) is 5.20. The van der Waals surface area contributed by atoms with Crippen LogP contribution in [-0.2, 0) is 11.8 Å². The van der Waals surface area contributed by atoms with E-state index >= 15 is 0 Å². The van der Waals surface area contributed by atoms with Crippen molar-refractivity contribution >= 4 is 28.4 Å². The van der Waals surface area contributed by atoms with Gasteiger partial charge in [-0.25, -0.2) is 18.7 Å². The van der Waals surface area contributed by atoms with Crippen molar-refractivity contribution in [3.05, 3.63) is 30.7 Å². The van der Waals surface area contributed by atoms with Crippen LogP contribution < -0.4 is 10.2 Å². The summed E-state index contributed by atoms with van der Waals surface area (Å²) >= 11 is 0. The molecule has 7 nitrogen and oxygen atoms in total. The van der Waals surface area contributed by atoms with E-state index < -0.39 is 12.3 Å². The van der Waals surface area contributed by atoms with Gasteiger partial charge in [-0.05, 0) is 25.0 Å². The average Bonchev–Trinajstić information content (AvgIpc) is 3.13. The number of aryl methyl sites for hydroxylation is 1. The molecule has 9 heteroatoms. The van der Waals surface area contributed by atoms with Crippen LogP contribution in [0.25, 0.3) is 22.0 Å². The molecule has 0 atom stereocenters. The molecular formula is C20H22F2N6O. The fourth-order valence-corrected chi connectivity index (χ4v) is 3.69. The zero-order chi connectivity index (χ0) is 20.5. The van der Waals surface area contributed by atoms with Gasteiger partial charge in [0.05, 0.1) is 17.9 Å². The molecule has 0 unspecified atom stereocenters. The molecule has 29 heavy (non-hydrogen) atoms. The van der Waals surface area contributed by atoms with Crippen LogP contribution in [0.5, 0.6) is 0 Å². The quantitative estimate of drug-likeness (QED) is 0.726. The van der Waals surface area contributed by atoms with E-state index in [0.717, 1.165) is 22.3 Å². The van der Waals surface area contributed by atoms with Crippen molar-refractivity contribution < 1.29 is 13.6 Å². The van der Waals surface area contributed by atoms with E-state index in [4.69, 9.17) is 4.98 Å². The number of nitrogens with zero attached hydrogens (tertiary/aromatic N) is 5. The molecule has 4 rings (SSSR count). The van der Waals surface area contributed by atoms with Crippen LogP contribution in [0.4, 0.5) is 20.4 Å². The highest BCUT2D eigenvalue weighted by molar-refractivity contribution is 5.93. The highest BCUT2D eigenvalue weighted by atomic mass is 19.3. The standard InChI is InChI=1S/C20H22F2N6O/c1-12(29)25-18-8-14-7-16(15-9-24-27(2)11-15)20(26-17(14)10-23-18)28-5-3-13(4-6-28)19(21)22/h7-11,13,19H,3-6H2,1-2H3,(H,23,25,29). The van der Waals surface area contributed by atoms with Crippen LogP contribution in [-0.4, -0.2) is 45.2 Å². The second kappa shape index (κ2) is 7.73. The zero-order valence-corrected chi connectivity index (χ0v) is 16.3. The number of rotatable bonds is 4. The summed E-state index contributed by atoms with van der Waals surface area (Å²) in [4.78, 5) is 22.4. The van der Waals surface area contributed by atoms with E-state index in [1.54, 1.807) is 23.1 Å². The van der Waals surface area contributed by atoms with E-state index in [-0.39, 0.29) is 5.91 Å². The number of hydrogen-bond donors (Lipinski definition) is 1. The molecule has 0 aromatic carbocycles. The van der Waals surface area contributed by atoms with Gasteiger partial charge in [0.25, 0.3) is 0 Å². The maximum Gasteiger partial charge on any atom is 0.241 e. The van der Waals surface area contributed by atoms with Gasteiger partial charge in [0, 0.05) is 55.7 Å². The van der Waals surface area contributed by atoms with Crippen molar-refractivity contribution in [1.82, 2.24) is 19.7 Å². The van der Waals surface area contributed by atoms with E-state index in [2.05, 4.69) is 20.3 Å². The molecule has 0 aliphatic carbocycles. The second-order valence-electron chi connectivity index (χ2n) is 7.36. The Balaban J connectivity index is 1.76. The summed E-state index contributed by atoms with van der Waals surface area (Å²) in [5.74, 6) is 0.438. The van der Waals surface area contributed by atoms with E-state index in [9.17, 15) is 13.6 Å². The number of piperidine rings is 1. The smallest absolute Gasteiger partial charge is 0.241 e. The Morgan fingerprint density at radius 3 is 2.62 bits per heavy atom. The molecule has 1 N–H and O–H groups in total. The minimum Gasteiger partial charge on any atom is -0.356 e. The lowest BCUT2D eigenvalue weighted by molar-refractivity contribution is -0.114. The van der Waals surface area contributed by atoms with Gasteiger partial charge >= 0.3 is 0 Å². The molecule has 1 fully saturated rings. The summed E-state index contributed by atoms with van der Waals surface area (Å²) in [6, 6.07) is 3.76. The first-order valence-corrected chi connectivity index (χ1v) is 9.51. The predicted octanol–water partition coefficient (Wildman–Crippen LogP) is 3.47. The summed E-state index contributed by atoms with van der Waals surface area (Å²) in [7, 11) is 1.84. The van der Waals surface area contributed by atoms with Crippen LogP contribution in [0.15, 0.2) is 30.7 Å². The monoisotopic (exact) mass is 400 g/mol. The van der Waals surface area contributed by atoms with E-state index in [1.807, 2.05) is 19.3 Å². The van der Waals surface area contributed by atoms with Crippen molar-refractivity contribution in [2.24, 2.45) is 13.0 Å². The van der Waals surface area contributed by atoms with Crippen molar-refractivity contribution in [3.63, 3.8) is 0 Å². The normalized spacial score (nSPS) is 15.3. The summed E-state index contributed by atoms with van der Waals surface area (Å²) < 4.78 is 27.8. The number of halogens is 2. The van der Waals surface area contributed by atoms with Gasteiger partial charge in [0.2, 0.25) is 12.3 Å². The summed E-state index contributed by atoms with van der Waals surface area (Å²) in [5.41, 5.74) is 2.45. The minimum atomic E-state index is -2.28. The fourth-order valence-electron chi connectivity index (χ4n) is 3.69. The van der Waals surface area contributed by atoms with Gasteiger partial charge in [-0.15, -0.1) is 0 Å². The Morgan fingerprint density at radius 1 is 1.24 bits per heavy atom. The van der Waals surface area contributed by atoms with Gasteiger partial charge < -0.3 is 10.2 Å². The van der Waals surface area contributed by atoms with Crippen molar-refractivity contribution in [2.75, 3.05) is 23.3 Å². The van der Waals surface area contributed by atoms with Crippen molar-refractivity contribution in [3.8, 4) is 11.1 Å². The number of fused-ring (bicyclic) bond motifs is 1. The molecule has 3 aromatic rings. The lowest BCUT2D eigenvalue weighted by Crippen LogP contribution is -2.36. The number of anilines is 2. The van der Waals surface area contributed by atoms with Gasteiger partial charge in [0.1, 0.15) is 11.6 Å². The number of nitrogens with one attached hydrogen (secondary N) is 1. The summed E-state index contributed by atoms with van der Waals surface area (Å²) in [6.45, 7) is 2.48. The zero-order valence-electron chi connectivity index (χ0n) is 16.3. The van der Waals surface area contributed by atoms with E-state index in [0.29, 0.717) is 37.3 Å². The maximum atomic E-state index is 13.1.